The molecular weight excluding hydrogens is 307 g/mol. The molecular formula is C14H15ClF3NO2. The third-order valence-corrected chi connectivity index (χ3v) is 3.38. The average molecular weight is 322 g/mol. The van der Waals surface area contributed by atoms with Crippen molar-refractivity contribution in [3.63, 3.8) is 0 Å². The first-order valence-corrected chi connectivity index (χ1v) is 6.78. The molecule has 0 aliphatic carbocycles. The van der Waals surface area contributed by atoms with E-state index in [9.17, 15) is 13.2 Å². The van der Waals surface area contributed by atoms with Gasteiger partial charge in [-0.3, -0.25) is 0 Å². The third-order valence-electron chi connectivity index (χ3n) is 3.07. The van der Waals surface area contributed by atoms with Gasteiger partial charge in [0.2, 0.25) is 0 Å². The summed E-state index contributed by atoms with van der Waals surface area (Å²) in [6, 6.07) is 2.22. The molecule has 0 spiro atoms. The summed E-state index contributed by atoms with van der Waals surface area (Å²) in [5, 5.41) is -0.352. The SMILES string of the molecule is Cc1cc(C(F)(F)F)c(Cl)cc1OCCN1C=COCC1. The van der Waals surface area contributed by atoms with Crippen molar-refractivity contribution in [1.82, 2.24) is 4.90 Å². The van der Waals surface area contributed by atoms with E-state index in [1.54, 1.807) is 19.4 Å². The molecule has 3 nitrogen and oxygen atoms in total. The lowest BCUT2D eigenvalue weighted by Crippen LogP contribution is -2.29. The van der Waals surface area contributed by atoms with Gasteiger partial charge in [0, 0.05) is 6.20 Å². The van der Waals surface area contributed by atoms with Crippen molar-refractivity contribution >= 4 is 11.6 Å². The van der Waals surface area contributed by atoms with Gasteiger partial charge in [-0.2, -0.15) is 13.2 Å². The molecule has 0 saturated heterocycles. The van der Waals surface area contributed by atoms with E-state index in [-0.39, 0.29) is 5.02 Å². The summed E-state index contributed by atoms with van der Waals surface area (Å²) in [7, 11) is 0. The highest BCUT2D eigenvalue weighted by Gasteiger charge is 2.33. The van der Waals surface area contributed by atoms with Gasteiger partial charge in [-0.25, -0.2) is 0 Å². The summed E-state index contributed by atoms with van der Waals surface area (Å²) in [5.74, 6) is 0.366. The second kappa shape index (κ2) is 6.47. The van der Waals surface area contributed by atoms with Crippen molar-refractivity contribution in [2.75, 3.05) is 26.3 Å². The Bertz CT molecular complexity index is 532. The minimum Gasteiger partial charge on any atom is -0.498 e. The van der Waals surface area contributed by atoms with Crippen LogP contribution < -0.4 is 4.74 Å². The molecule has 0 amide bonds. The molecule has 0 bridgehead atoms. The van der Waals surface area contributed by atoms with Crippen molar-refractivity contribution in [2.24, 2.45) is 0 Å². The number of nitrogens with zero attached hydrogens (tertiary/aromatic N) is 1. The van der Waals surface area contributed by atoms with E-state index in [0.29, 0.717) is 31.1 Å². The van der Waals surface area contributed by atoms with Gasteiger partial charge in [-0.05, 0) is 24.6 Å². The quantitative estimate of drug-likeness (QED) is 0.841. The van der Waals surface area contributed by atoms with Gasteiger partial charge in [0.25, 0.3) is 0 Å². The van der Waals surface area contributed by atoms with E-state index in [1.165, 1.54) is 6.07 Å². The number of aryl methyl sites for hydroxylation is 1. The van der Waals surface area contributed by atoms with E-state index >= 15 is 0 Å². The Morgan fingerprint density at radius 2 is 2.14 bits per heavy atom. The molecule has 0 N–H and O–H groups in total. The first-order chi connectivity index (χ1) is 9.88. The number of benzene rings is 1. The van der Waals surface area contributed by atoms with Crippen molar-refractivity contribution in [2.45, 2.75) is 13.1 Å². The molecule has 0 saturated carbocycles. The monoisotopic (exact) mass is 321 g/mol. The molecule has 1 aliphatic heterocycles. The van der Waals surface area contributed by atoms with Crippen molar-refractivity contribution in [3.05, 3.63) is 40.7 Å². The first kappa shape index (κ1) is 15.8. The lowest BCUT2D eigenvalue weighted by Gasteiger charge is -2.23. The maximum atomic E-state index is 12.7. The largest absolute Gasteiger partial charge is 0.498 e. The lowest BCUT2D eigenvalue weighted by atomic mass is 10.1. The van der Waals surface area contributed by atoms with Gasteiger partial charge in [-0.1, -0.05) is 11.6 Å². The Balaban J connectivity index is 1.99. The highest BCUT2D eigenvalue weighted by atomic mass is 35.5. The van der Waals surface area contributed by atoms with E-state index in [0.717, 1.165) is 12.6 Å². The van der Waals surface area contributed by atoms with Crippen molar-refractivity contribution in [1.29, 1.82) is 0 Å². The molecule has 1 aromatic carbocycles. The van der Waals surface area contributed by atoms with Crippen LogP contribution in [0, 0.1) is 6.92 Å². The Morgan fingerprint density at radius 3 is 2.76 bits per heavy atom. The van der Waals surface area contributed by atoms with Crippen LogP contribution in [0.3, 0.4) is 0 Å². The summed E-state index contributed by atoms with van der Waals surface area (Å²) in [4.78, 5) is 2.00. The predicted molar refractivity (Wildman–Crippen MR) is 73.4 cm³/mol. The molecule has 0 atom stereocenters. The zero-order valence-electron chi connectivity index (χ0n) is 11.4. The Hall–Kier alpha value is -1.56. The van der Waals surface area contributed by atoms with Gasteiger partial charge in [0.05, 0.1) is 29.9 Å². The maximum absolute atomic E-state index is 12.7. The van der Waals surface area contributed by atoms with Gasteiger partial charge in [0.1, 0.15) is 19.0 Å². The van der Waals surface area contributed by atoms with Crippen LogP contribution in [-0.4, -0.2) is 31.2 Å². The predicted octanol–water partition coefficient (Wildman–Crippen LogP) is 3.85. The molecule has 7 heteroatoms. The van der Waals surface area contributed by atoms with Crippen LogP contribution in [0.4, 0.5) is 13.2 Å². The minimum atomic E-state index is -4.46. The summed E-state index contributed by atoms with van der Waals surface area (Å²) in [6.45, 7) is 3.91. The fourth-order valence-electron chi connectivity index (χ4n) is 1.94. The number of rotatable bonds is 4. The van der Waals surface area contributed by atoms with Gasteiger partial charge in [0.15, 0.2) is 0 Å². The number of ether oxygens (including phenoxy) is 2. The Kier molecular flexibility index (Phi) is 4.88. The van der Waals surface area contributed by atoms with E-state index < -0.39 is 11.7 Å². The van der Waals surface area contributed by atoms with Crippen LogP contribution in [0.2, 0.25) is 5.02 Å². The third kappa shape index (κ3) is 4.20. The highest BCUT2D eigenvalue weighted by molar-refractivity contribution is 6.31. The zero-order valence-corrected chi connectivity index (χ0v) is 12.2. The van der Waals surface area contributed by atoms with Crippen LogP contribution in [0.5, 0.6) is 5.75 Å². The van der Waals surface area contributed by atoms with E-state index in [4.69, 9.17) is 21.1 Å². The van der Waals surface area contributed by atoms with Crippen molar-refractivity contribution < 1.29 is 22.6 Å². The lowest BCUT2D eigenvalue weighted by molar-refractivity contribution is -0.137. The summed E-state index contributed by atoms with van der Waals surface area (Å²) in [6.07, 6.45) is -1.05. The summed E-state index contributed by atoms with van der Waals surface area (Å²) in [5.41, 5.74) is -0.436. The molecule has 0 aromatic heterocycles. The normalized spacial score (nSPS) is 15.0. The number of hydrogen-bond acceptors (Lipinski definition) is 3. The van der Waals surface area contributed by atoms with Crippen LogP contribution >= 0.6 is 11.6 Å². The van der Waals surface area contributed by atoms with Crippen molar-refractivity contribution in [3.8, 4) is 5.75 Å². The molecule has 0 unspecified atom stereocenters. The molecule has 2 rings (SSSR count). The van der Waals surface area contributed by atoms with Crippen LogP contribution in [0.15, 0.2) is 24.6 Å². The van der Waals surface area contributed by atoms with E-state index in [1.807, 2.05) is 4.90 Å². The molecule has 116 valence electrons. The van der Waals surface area contributed by atoms with Crippen LogP contribution in [-0.2, 0) is 10.9 Å². The van der Waals surface area contributed by atoms with Crippen LogP contribution in [0.1, 0.15) is 11.1 Å². The molecule has 1 heterocycles. The number of hydrogen-bond donors (Lipinski definition) is 0. The van der Waals surface area contributed by atoms with E-state index in [2.05, 4.69) is 0 Å². The summed E-state index contributed by atoms with van der Waals surface area (Å²) >= 11 is 5.68. The maximum Gasteiger partial charge on any atom is 0.417 e. The molecule has 0 fully saturated rings. The number of halogens is 4. The average Bonchev–Trinajstić information content (AvgIpc) is 2.42. The zero-order chi connectivity index (χ0) is 15.5. The first-order valence-electron chi connectivity index (χ1n) is 6.40. The van der Waals surface area contributed by atoms with Crippen LogP contribution in [0.25, 0.3) is 0 Å². The molecule has 21 heavy (non-hydrogen) atoms. The Morgan fingerprint density at radius 1 is 1.38 bits per heavy atom. The second-order valence-corrected chi connectivity index (χ2v) is 5.04. The summed E-state index contributed by atoms with van der Waals surface area (Å²) < 4.78 is 48.7. The smallest absolute Gasteiger partial charge is 0.417 e. The molecule has 1 aliphatic rings. The highest BCUT2D eigenvalue weighted by Crippen LogP contribution is 2.38. The fraction of sp³-hybridized carbons (Fsp3) is 0.429. The molecule has 0 radical (unpaired) electrons. The second-order valence-electron chi connectivity index (χ2n) is 4.64. The minimum absolute atomic E-state index is 0.352. The van der Waals surface area contributed by atoms with Gasteiger partial charge in [-0.15, -0.1) is 0 Å². The number of alkyl halides is 3. The topological polar surface area (TPSA) is 21.7 Å². The van der Waals surface area contributed by atoms with Gasteiger partial charge < -0.3 is 14.4 Å². The Labute approximate surface area is 125 Å². The molecule has 1 aromatic rings. The fourth-order valence-corrected chi connectivity index (χ4v) is 2.20. The standard InChI is InChI=1S/C14H15ClF3NO2/c1-10-8-11(14(16,17)18)12(15)9-13(10)21-7-4-19-2-5-20-6-3-19/h2,5,8-9H,3-4,6-7H2,1H3. The van der Waals surface area contributed by atoms with Gasteiger partial charge >= 0.3 is 6.18 Å².